The first kappa shape index (κ1) is 28.0. The summed E-state index contributed by atoms with van der Waals surface area (Å²) in [4.78, 5) is 15.1. The Balaban J connectivity index is 1.17. The van der Waals surface area contributed by atoms with Crippen molar-refractivity contribution in [1.82, 2.24) is 19.5 Å². The maximum Gasteiger partial charge on any atom is 0.223 e. The number of pyridine rings is 3. The van der Waals surface area contributed by atoms with Crippen molar-refractivity contribution in [2.24, 2.45) is 5.41 Å². The van der Waals surface area contributed by atoms with E-state index in [4.69, 9.17) is 19.7 Å². The number of hydrogen-bond donors (Lipinski definition) is 0. The fourth-order valence-electron chi connectivity index (χ4n) is 7.95. The molecule has 9 rings (SSSR count). The number of hydrogen-bond acceptors (Lipinski definition) is 4. The van der Waals surface area contributed by atoms with E-state index in [2.05, 4.69) is 122 Å². The lowest BCUT2D eigenvalue weighted by Crippen LogP contribution is -2.21. The summed E-state index contributed by atoms with van der Waals surface area (Å²) in [6.45, 7) is 6.69. The SMILES string of the molecule is CC(C)(C)c1cc(Oc2cc3c(c(-c4ccccn4)n2)CC2(Cc4ccccc4C2)C3)nc(-n2c3ccccc3c3ccccc32)c1. The Hall–Kier alpha value is -5.29. The molecule has 0 saturated carbocycles. The topological polar surface area (TPSA) is 52.8 Å². The highest BCUT2D eigenvalue weighted by molar-refractivity contribution is 6.09. The second kappa shape index (κ2) is 10.4. The summed E-state index contributed by atoms with van der Waals surface area (Å²) >= 11 is 0. The van der Waals surface area contributed by atoms with Crippen molar-refractivity contribution in [3.63, 3.8) is 0 Å². The van der Waals surface area contributed by atoms with Gasteiger partial charge in [0, 0.05) is 29.1 Å². The smallest absolute Gasteiger partial charge is 0.223 e. The van der Waals surface area contributed by atoms with Gasteiger partial charge in [0.25, 0.3) is 0 Å². The molecule has 0 amide bonds. The highest BCUT2D eigenvalue weighted by Crippen LogP contribution is 2.50. The average molecular weight is 613 g/mol. The maximum atomic E-state index is 6.71. The minimum absolute atomic E-state index is 0.122. The van der Waals surface area contributed by atoms with E-state index in [1.807, 2.05) is 18.3 Å². The zero-order valence-electron chi connectivity index (χ0n) is 27.0. The highest BCUT2D eigenvalue weighted by atomic mass is 16.5. The van der Waals surface area contributed by atoms with Crippen LogP contribution in [0.3, 0.4) is 0 Å². The number of benzene rings is 3. The molecule has 0 saturated heterocycles. The molecule has 5 heteroatoms. The second-order valence-corrected chi connectivity index (χ2v) is 14.4. The number of ether oxygens (including phenoxy) is 1. The monoisotopic (exact) mass is 612 g/mol. The molecule has 5 nitrogen and oxygen atoms in total. The molecular weight excluding hydrogens is 576 g/mol. The van der Waals surface area contributed by atoms with Gasteiger partial charge in [-0.05, 0) is 94.7 Å². The van der Waals surface area contributed by atoms with E-state index >= 15 is 0 Å². The van der Waals surface area contributed by atoms with Crippen molar-refractivity contribution in [2.45, 2.75) is 51.9 Å². The average Bonchev–Trinajstić information content (AvgIpc) is 3.73. The normalized spacial score (nSPS) is 15.0. The molecule has 230 valence electrons. The summed E-state index contributed by atoms with van der Waals surface area (Å²) in [5, 5.41) is 2.41. The molecule has 0 bridgehead atoms. The van der Waals surface area contributed by atoms with Crippen LogP contribution in [0.4, 0.5) is 0 Å². The zero-order valence-corrected chi connectivity index (χ0v) is 27.0. The number of fused-ring (bicyclic) bond motifs is 5. The largest absolute Gasteiger partial charge is 0.421 e. The highest BCUT2D eigenvalue weighted by Gasteiger charge is 2.43. The maximum absolute atomic E-state index is 6.71. The molecule has 4 heterocycles. The van der Waals surface area contributed by atoms with E-state index < -0.39 is 0 Å². The third kappa shape index (κ3) is 4.72. The molecule has 2 aliphatic carbocycles. The van der Waals surface area contributed by atoms with Crippen LogP contribution in [0.2, 0.25) is 0 Å². The van der Waals surface area contributed by atoms with Gasteiger partial charge in [0.15, 0.2) is 0 Å². The summed E-state index contributed by atoms with van der Waals surface area (Å²) < 4.78 is 8.97. The Kier molecular flexibility index (Phi) is 6.17. The van der Waals surface area contributed by atoms with Crippen molar-refractivity contribution in [3.8, 4) is 29.0 Å². The predicted molar refractivity (Wildman–Crippen MR) is 189 cm³/mol. The van der Waals surface area contributed by atoms with Gasteiger partial charge in [0.2, 0.25) is 11.8 Å². The molecule has 7 aromatic rings. The van der Waals surface area contributed by atoms with E-state index in [0.717, 1.165) is 59.5 Å². The fourth-order valence-corrected chi connectivity index (χ4v) is 7.95. The molecule has 4 aromatic heterocycles. The van der Waals surface area contributed by atoms with Crippen molar-refractivity contribution >= 4 is 21.8 Å². The minimum atomic E-state index is -0.122. The standard InChI is InChI=1S/C42H36N4O/c1-41(2,3)30-21-37(46-35-17-8-6-14-31(35)32-15-7-9-18-36(32)46)44-39(22-30)47-38-20-29-25-42(23-27-12-4-5-13-28(27)24-42)26-33(29)40(45-38)34-16-10-11-19-43-34/h4-22H,23-26H2,1-3H3. The molecule has 0 radical (unpaired) electrons. The van der Waals surface area contributed by atoms with Crippen LogP contribution in [0.5, 0.6) is 11.8 Å². The lowest BCUT2D eigenvalue weighted by molar-refractivity contribution is 0.326. The molecule has 3 aromatic carbocycles. The van der Waals surface area contributed by atoms with Crippen LogP contribution < -0.4 is 4.74 Å². The molecular formula is C42H36N4O. The Morgan fingerprint density at radius 2 is 1.26 bits per heavy atom. The van der Waals surface area contributed by atoms with Crippen LogP contribution in [-0.4, -0.2) is 19.5 Å². The van der Waals surface area contributed by atoms with Crippen LogP contribution in [-0.2, 0) is 31.1 Å². The second-order valence-electron chi connectivity index (χ2n) is 14.4. The summed E-state index contributed by atoms with van der Waals surface area (Å²) in [7, 11) is 0. The molecule has 0 fully saturated rings. The predicted octanol–water partition coefficient (Wildman–Crippen LogP) is 9.61. The Morgan fingerprint density at radius 1 is 0.638 bits per heavy atom. The van der Waals surface area contributed by atoms with E-state index in [1.165, 1.54) is 33.0 Å². The van der Waals surface area contributed by atoms with Gasteiger partial charge in [-0.3, -0.25) is 9.55 Å². The van der Waals surface area contributed by atoms with E-state index in [-0.39, 0.29) is 10.8 Å². The lowest BCUT2D eigenvalue weighted by Gasteiger charge is -2.22. The first-order chi connectivity index (χ1) is 22.8. The lowest BCUT2D eigenvalue weighted by atomic mass is 9.81. The van der Waals surface area contributed by atoms with Gasteiger partial charge in [-0.1, -0.05) is 87.5 Å². The summed E-state index contributed by atoms with van der Waals surface area (Å²) in [6.07, 6.45) is 6.02. The summed E-state index contributed by atoms with van der Waals surface area (Å²) in [5.41, 5.74) is 10.8. The van der Waals surface area contributed by atoms with Gasteiger partial charge in [-0.15, -0.1) is 0 Å². The van der Waals surface area contributed by atoms with Crippen molar-refractivity contribution in [1.29, 1.82) is 0 Å². The van der Waals surface area contributed by atoms with E-state index in [0.29, 0.717) is 11.8 Å². The first-order valence-corrected chi connectivity index (χ1v) is 16.5. The van der Waals surface area contributed by atoms with Gasteiger partial charge in [-0.2, -0.15) is 4.98 Å². The quantitative estimate of drug-likeness (QED) is 0.199. The van der Waals surface area contributed by atoms with Gasteiger partial charge >= 0.3 is 0 Å². The molecule has 1 spiro atoms. The summed E-state index contributed by atoms with van der Waals surface area (Å²) in [5.74, 6) is 1.93. The number of para-hydroxylation sites is 2. The van der Waals surface area contributed by atoms with Crippen LogP contribution in [0, 0.1) is 5.41 Å². The van der Waals surface area contributed by atoms with Crippen LogP contribution in [0.25, 0.3) is 39.0 Å². The summed E-state index contributed by atoms with van der Waals surface area (Å²) in [6, 6.07) is 38.5. The molecule has 0 unspecified atom stereocenters. The zero-order chi connectivity index (χ0) is 31.8. The van der Waals surface area contributed by atoms with E-state index in [9.17, 15) is 0 Å². The van der Waals surface area contributed by atoms with Gasteiger partial charge < -0.3 is 4.74 Å². The molecule has 47 heavy (non-hydrogen) atoms. The molecule has 2 aliphatic rings. The van der Waals surface area contributed by atoms with Crippen molar-refractivity contribution in [2.75, 3.05) is 0 Å². The van der Waals surface area contributed by atoms with Crippen LogP contribution in [0.15, 0.2) is 115 Å². The number of rotatable bonds is 4. The third-order valence-electron chi connectivity index (χ3n) is 10.1. The van der Waals surface area contributed by atoms with E-state index in [1.54, 1.807) is 0 Å². The fraction of sp³-hybridized carbons (Fsp3) is 0.214. The Morgan fingerprint density at radius 3 is 1.91 bits per heavy atom. The van der Waals surface area contributed by atoms with Crippen LogP contribution >= 0.6 is 0 Å². The first-order valence-electron chi connectivity index (χ1n) is 16.5. The number of nitrogens with zero attached hydrogens (tertiary/aromatic N) is 4. The Bertz CT molecular complexity index is 2250. The van der Waals surface area contributed by atoms with Crippen molar-refractivity contribution < 1.29 is 4.74 Å². The molecule has 0 atom stereocenters. The Labute approximate surface area is 274 Å². The van der Waals surface area contributed by atoms with Gasteiger partial charge in [0.1, 0.15) is 5.82 Å². The van der Waals surface area contributed by atoms with Gasteiger partial charge in [-0.25, -0.2) is 4.98 Å². The van der Waals surface area contributed by atoms with Crippen molar-refractivity contribution in [3.05, 3.63) is 143 Å². The van der Waals surface area contributed by atoms with Gasteiger partial charge in [0.05, 0.1) is 22.4 Å². The third-order valence-corrected chi connectivity index (χ3v) is 10.1. The minimum Gasteiger partial charge on any atom is -0.421 e. The van der Waals surface area contributed by atoms with Crippen LogP contribution in [0.1, 0.15) is 48.6 Å². The number of aromatic nitrogens is 4. The molecule has 0 aliphatic heterocycles. The molecule has 0 N–H and O–H groups in total.